The maximum atomic E-state index is 12.0. The third kappa shape index (κ3) is 2.43. The third-order valence-corrected chi connectivity index (χ3v) is 3.23. The molecule has 2 aliphatic heterocycles. The zero-order valence-electron chi connectivity index (χ0n) is 11.2. The highest BCUT2D eigenvalue weighted by atomic mass is 16.6. The number of amides is 1. The lowest BCUT2D eigenvalue weighted by atomic mass is 10.1. The number of carbonyl (C=O) groups is 2. The molecular weight excluding hydrogens is 236 g/mol. The Labute approximate surface area is 107 Å². The number of methoxy groups -OCH3 is 1. The summed E-state index contributed by atoms with van der Waals surface area (Å²) in [6.45, 7) is 6.08. The van der Waals surface area contributed by atoms with Gasteiger partial charge in [-0.05, 0) is 27.2 Å². The van der Waals surface area contributed by atoms with Gasteiger partial charge in [-0.15, -0.1) is 0 Å². The van der Waals surface area contributed by atoms with E-state index in [0.29, 0.717) is 6.54 Å². The fourth-order valence-electron chi connectivity index (χ4n) is 2.55. The zero-order valence-corrected chi connectivity index (χ0v) is 11.2. The minimum Gasteiger partial charge on any atom is -0.468 e. The van der Waals surface area contributed by atoms with Crippen LogP contribution in [-0.4, -0.2) is 54.3 Å². The summed E-state index contributed by atoms with van der Waals surface area (Å²) < 4.78 is 10.1. The SMILES string of the molecule is COC(=O)[C@H]1N[C@H]2C[C@@H]1N(C(=O)OC(C)(C)C)C2. The first-order valence-corrected chi connectivity index (χ1v) is 6.15. The number of nitrogens with one attached hydrogen (secondary N) is 1. The summed E-state index contributed by atoms with van der Waals surface area (Å²) in [6, 6.07) is -0.426. The molecule has 2 heterocycles. The summed E-state index contributed by atoms with van der Waals surface area (Å²) in [5.41, 5.74) is -0.521. The van der Waals surface area contributed by atoms with Crippen molar-refractivity contribution < 1.29 is 19.1 Å². The molecule has 0 saturated carbocycles. The standard InChI is InChI=1S/C12H20N2O4/c1-12(2,3)18-11(16)14-6-7-5-8(14)9(13-7)10(15)17-4/h7-9,13H,5-6H2,1-4H3/t7-,8-,9-/m0/s1. The molecule has 2 saturated heterocycles. The van der Waals surface area contributed by atoms with Gasteiger partial charge < -0.3 is 14.4 Å². The maximum Gasteiger partial charge on any atom is 0.410 e. The van der Waals surface area contributed by atoms with Gasteiger partial charge in [-0.25, -0.2) is 4.79 Å². The normalized spacial score (nSPS) is 30.4. The van der Waals surface area contributed by atoms with Gasteiger partial charge in [0.05, 0.1) is 13.2 Å². The van der Waals surface area contributed by atoms with E-state index in [4.69, 9.17) is 9.47 Å². The van der Waals surface area contributed by atoms with Crippen LogP contribution in [0, 0.1) is 0 Å². The van der Waals surface area contributed by atoms with Crippen LogP contribution >= 0.6 is 0 Å². The van der Waals surface area contributed by atoms with Gasteiger partial charge in [-0.2, -0.15) is 0 Å². The molecule has 0 spiro atoms. The molecule has 0 aromatic rings. The highest BCUT2D eigenvalue weighted by Gasteiger charge is 2.51. The molecule has 1 N–H and O–H groups in total. The maximum absolute atomic E-state index is 12.0. The van der Waals surface area contributed by atoms with E-state index >= 15 is 0 Å². The first-order chi connectivity index (χ1) is 8.31. The first-order valence-electron chi connectivity index (χ1n) is 6.15. The van der Waals surface area contributed by atoms with Crippen molar-refractivity contribution in [2.24, 2.45) is 0 Å². The number of esters is 1. The van der Waals surface area contributed by atoms with Crippen LogP contribution < -0.4 is 5.32 Å². The van der Waals surface area contributed by atoms with Crippen molar-refractivity contribution in [3.63, 3.8) is 0 Å². The number of carbonyl (C=O) groups excluding carboxylic acids is 2. The zero-order chi connectivity index (χ0) is 13.5. The fraction of sp³-hybridized carbons (Fsp3) is 0.833. The largest absolute Gasteiger partial charge is 0.468 e. The fourth-order valence-corrected chi connectivity index (χ4v) is 2.55. The van der Waals surface area contributed by atoms with Gasteiger partial charge in [0.15, 0.2) is 0 Å². The van der Waals surface area contributed by atoms with E-state index in [1.165, 1.54) is 7.11 Å². The molecule has 2 aliphatic rings. The monoisotopic (exact) mass is 256 g/mol. The Morgan fingerprint density at radius 1 is 1.33 bits per heavy atom. The Bertz CT molecular complexity index is 364. The third-order valence-electron chi connectivity index (χ3n) is 3.23. The lowest BCUT2D eigenvalue weighted by Crippen LogP contribution is -2.57. The van der Waals surface area contributed by atoms with Gasteiger partial charge in [0, 0.05) is 12.6 Å². The Kier molecular flexibility index (Phi) is 3.23. The highest BCUT2D eigenvalue weighted by Crippen LogP contribution is 2.30. The van der Waals surface area contributed by atoms with Crippen molar-refractivity contribution in [3.8, 4) is 0 Å². The molecule has 1 amide bonds. The van der Waals surface area contributed by atoms with E-state index in [1.807, 2.05) is 20.8 Å². The molecule has 0 aromatic heterocycles. The van der Waals surface area contributed by atoms with Gasteiger partial charge >= 0.3 is 12.1 Å². The van der Waals surface area contributed by atoms with Crippen molar-refractivity contribution in [2.45, 2.75) is 50.9 Å². The molecular formula is C12H20N2O4. The Morgan fingerprint density at radius 3 is 2.50 bits per heavy atom. The predicted octanol–water partition coefficient (Wildman–Crippen LogP) is 0.509. The van der Waals surface area contributed by atoms with Crippen LogP contribution in [0.25, 0.3) is 0 Å². The Hall–Kier alpha value is -1.30. The van der Waals surface area contributed by atoms with Crippen molar-refractivity contribution in [1.29, 1.82) is 0 Å². The van der Waals surface area contributed by atoms with Crippen LogP contribution in [0.3, 0.4) is 0 Å². The summed E-state index contributed by atoms with van der Waals surface area (Å²) in [5, 5.41) is 3.16. The van der Waals surface area contributed by atoms with E-state index in [0.717, 1.165) is 6.42 Å². The number of piperazine rings is 1. The van der Waals surface area contributed by atoms with Crippen molar-refractivity contribution in [1.82, 2.24) is 10.2 Å². The molecule has 102 valence electrons. The Balaban J connectivity index is 2.04. The minimum absolute atomic E-state index is 0.155. The molecule has 2 bridgehead atoms. The molecule has 2 rings (SSSR count). The van der Waals surface area contributed by atoms with Gasteiger partial charge in [0.1, 0.15) is 11.6 Å². The number of nitrogens with zero attached hydrogens (tertiary/aromatic N) is 1. The minimum atomic E-state index is -0.521. The average Bonchev–Trinajstić information content (AvgIpc) is 2.84. The summed E-state index contributed by atoms with van der Waals surface area (Å²) in [7, 11) is 1.35. The molecule has 0 unspecified atom stereocenters. The van der Waals surface area contributed by atoms with E-state index in [1.54, 1.807) is 4.90 Å². The summed E-state index contributed by atoms with van der Waals surface area (Å²) in [6.07, 6.45) is 0.421. The molecule has 0 aliphatic carbocycles. The molecule has 0 aromatic carbocycles. The van der Waals surface area contributed by atoms with Gasteiger partial charge in [-0.3, -0.25) is 10.1 Å². The number of rotatable bonds is 1. The molecule has 6 heteroatoms. The van der Waals surface area contributed by atoms with Crippen LogP contribution in [0.5, 0.6) is 0 Å². The van der Waals surface area contributed by atoms with E-state index in [2.05, 4.69) is 5.32 Å². The number of ether oxygens (including phenoxy) is 2. The van der Waals surface area contributed by atoms with E-state index in [-0.39, 0.29) is 24.1 Å². The number of likely N-dealkylation sites (tertiary alicyclic amines) is 1. The molecule has 2 fully saturated rings. The van der Waals surface area contributed by atoms with Gasteiger partial charge in [-0.1, -0.05) is 0 Å². The van der Waals surface area contributed by atoms with Crippen molar-refractivity contribution in [2.75, 3.05) is 13.7 Å². The van der Waals surface area contributed by atoms with Crippen molar-refractivity contribution >= 4 is 12.1 Å². The average molecular weight is 256 g/mol. The summed E-state index contributed by atoms with van der Waals surface area (Å²) in [4.78, 5) is 25.3. The number of fused-ring (bicyclic) bond motifs is 2. The van der Waals surface area contributed by atoms with E-state index < -0.39 is 11.6 Å². The first kappa shape index (κ1) is 13.1. The lowest BCUT2D eigenvalue weighted by molar-refractivity contribution is -0.144. The van der Waals surface area contributed by atoms with Crippen LogP contribution in [0.4, 0.5) is 4.79 Å². The quantitative estimate of drug-likeness (QED) is 0.692. The van der Waals surface area contributed by atoms with Gasteiger partial charge in [0.25, 0.3) is 0 Å². The lowest BCUT2D eigenvalue weighted by Gasteiger charge is -2.33. The Morgan fingerprint density at radius 2 is 2.00 bits per heavy atom. The molecule has 6 nitrogen and oxygen atoms in total. The van der Waals surface area contributed by atoms with Crippen LogP contribution in [0.15, 0.2) is 0 Å². The highest BCUT2D eigenvalue weighted by molar-refractivity contribution is 5.79. The van der Waals surface area contributed by atoms with Crippen molar-refractivity contribution in [3.05, 3.63) is 0 Å². The second-order valence-electron chi connectivity index (χ2n) is 5.80. The van der Waals surface area contributed by atoms with Crippen LogP contribution in [-0.2, 0) is 14.3 Å². The second kappa shape index (κ2) is 4.42. The molecule has 0 radical (unpaired) electrons. The van der Waals surface area contributed by atoms with Gasteiger partial charge in [0.2, 0.25) is 0 Å². The topological polar surface area (TPSA) is 67.9 Å². The van der Waals surface area contributed by atoms with Crippen LogP contribution in [0.2, 0.25) is 0 Å². The summed E-state index contributed by atoms with van der Waals surface area (Å²) >= 11 is 0. The molecule has 18 heavy (non-hydrogen) atoms. The molecule has 3 atom stereocenters. The number of hydrogen-bond acceptors (Lipinski definition) is 5. The summed E-state index contributed by atoms with van der Waals surface area (Å²) in [5.74, 6) is -0.323. The second-order valence-corrected chi connectivity index (χ2v) is 5.80. The smallest absolute Gasteiger partial charge is 0.410 e. The van der Waals surface area contributed by atoms with E-state index in [9.17, 15) is 9.59 Å². The van der Waals surface area contributed by atoms with Crippen LogP contribution in [0.1, 0.15) is 27.2 Å². The predicted molar refractivity (Wildman–Crippen MR) is 64.1 cm³/mol. The number of hydrogen-bond donors (Lipinski definition) is 1.